The second-order valence-corrected chi connectivity index (χ2v) is 5.61. The van der Waals surface area contributed by atoms with Gasteiger partial charge in [0.15, 0.2) is 11.4 Å². The number of anilines is 1. The first-order valence-corrected chi connectivity index (χ1v) is 7.76. The average molecular weight is 386 g/mol. The number of nitrogens with two attached hydrogens (primary N) is 1. The van der Waals surface area contributed by atoms with E-state index < -0.39 is 18.0 Å². The Kier molecular flexibility index (Phi) is 6.41. The number of hydrogen-bond donors (Lipinski definition) is 2. The molecule has 0 aliphatic heterocycles. The van der Waals surface area contributed by atoms with E-state index in [4.69, 9.17) is 32.2 Å². The Hall–Kier alpha value is -2.36. The normalized spacial score (nSPS) is 11.5. The van der Waals surface area contributed by atoms with E-state index >= 15 is 0 Å². The smallest absolute Gasteiger partial charge is 0.416 e. The van der Waals surface area contributed by atoms with E-state index in [2.05, 4.69) is 5.32 Å². The van der Waals surface area contributed by atoms with Gasteiger partial charge in [0.2, 0.25) is 0 Å². The third-order valence-electron chi connectivity index (χ3n) is 3.35. The van der Waals surface area contributed by atoms with Crippen LogP contribution in [0.4, 0.5) is 18.9 Å². The maximum Gasteiger partial charge on any atom is 0.416 e. The zero-order valence-corrected chi connectivity index (χ0v) is 14.8. The highest BCUT2D eigenvalue weighted by Gasteiger charge is 2.30. The molecular formula is C17H17F3N2O3S. The lowest BCUT2D eigenvalue weighted by atomic mass is 10.1. The van der Waals surface area contributed by atoms with Crippen molar-refractivity contribution in [2.45, 2.75) is 12.5 Å². The van der Waals surface area contributed by atoms with E-state index in [1.165, 1.54) is 26.4 Å². The lowest BCUT2D eigenvalue weighted by molar-refractivity contribution is -0.137. The molecule has 0 aromatic heterocycles. The van der Waals surface area contributed by atoms with Crippen LogP contribution in [0.3, 0.4) is 0 Å². The molecule has 9 heteroatoms. The van der Waals surface area contributed by atoms with Crippen LogP contribution in [0, 0.1) is 0 Å². The first-order valence-electron chi connectivity index (χ1n) is 7.35. The molecule has 0 bridgehead atoms. The summed E-state index contributed by atoms with van der Waals surface area (Å²) in [5.41, 5.74) is 5.66. The first kappa shape index (κ1) is 20.0. The fourth-order valence-electron chi connectivity index (χ4n) is 2.26. The minimum absolute atomic E-state index is 0.0297. The molecule has 26 heavy (non-hydrogen) atoms. The Labute approximate surface area is 153 Å². The Morgan fingerprint density at radius 2 is 1.81 bits per heavy atom. The molecule has 2 aromatic carbocycles. The highest BCUT2D eigenvalue weighted by Crippen LogP contribution is 2.36. The van der Waals surface area contributed by atoms with Gasteiger partial charge in [0, 0.05) is 19.9 Å². The maximum atomic E-state index is 12.9. The Morgan fingerprint density at radius 1 is 1.12 bits per heavy atom. The molecule has 3 N–H and O–H groups in total. The fourth-order valence-corrected chi connectivity index (χ4v) is 2.38. The second-order valence-electron chi connectivity index (χ2n) is 5.17. The van der Waals surface area contributed by atoms with E-state index in [-0.39, 0.29) is 16.6 Å². The molecule has 0 aliphatic carbocycles. The molecule has 0 aliphatic rings. The van der Waals surface area contributed by atoms with Crippen molar-refractivity contribution in [1.29, 1.82) is 0 Å². The van der Waals surface area contributed by atoms with Crippen molar-refractivity contribution < 1.29 is 27.4 Å². The summed E-state index contributed by atoms with van der Waals surface area (Å²) in [6, 6.07) is 9.38. The van der Waals surface area contributed by atoms with Gasteiger partial charge in [0.1, 0.15) is 11.5 Å². The van der Waals surface area contributed by atoms with Gasteiger partial charge in [-0.25, -0.2) is 0 Å². The van der Waals surface area contributed by atoms with Crippen molar-refractivity contribution in [2.24, 2.45) is 5.73 Å². The van der Waals surface area contributed by atoms with E-state index in [0.717, 1.165) is 12.1 Å². The third-order valence-corrected chi connectivity index (χ3v) is 3.45. The summed E-state index contributed by atoms with van der Waals surface area (Å²) in [6.07, 6.45) is -5.27. The number of benzene rings is 2. The highest BCUT2D eigenvalue weighted by atomic mass is 32.1. The summed E-state index contributed by atoms with van der Waals surface area (Å²) < 4.78 is 54.7. The summed E-state index contributed by atoms with van der Waals surface area (Å²) in [7, 11) is 2.85. The van der Waals surface area contributed by atoms with Crippen LogP contribution >= 0.6 is 12.2 Å². The summed E-state index contributed by atoms with van der Waals surface area (Å²) in [6.45, 7) is 0. The van der Waals surface area contributed by atoms with Gasteiger partial charge in [0.25, 0.3) is 0 Å². The van der Waals surface area contributed by atoms with Crippen molar-refractivity contribution >= 4 is 23.0 Å². The van der Waals surface area contributed by atoms with Crippen LogP contribution in [0.5, 0.6) is 11.5 Å². The number of methoxy groups -OCH3 is 2. The summed E-state index contributed by atoms with van der Waals surface area (Å²) in [4.78, 5) is 0. The van der Waals surface area contributed by atoms with Crippen molar-refractivity contribution in [3.63, 3.8) is 0 Å². The standard InChI is InChI=1S/C17H17F3N2O3S/c1-23-15(24-2)13-9-11(22-16(21)26)6-7-14(13)25-12-5-3-4-10(8-12)17(18,19)20/h3-9,15H,1-2H3,(H3,21,22,26). The van der Waals surface area contributed by atoms with Crippen LogP contribution in [0.2, 0.25) is 0 Å². The first-order chi connectivity index (χ1) is 12.2. The molecular weight excluding hydrogens is 369 g/mol. The Morgan fingerprint density at radius 3 is 2.38 bits per heavy atom. The monoisotopic (exact) mass is 386 g/mol. The third kappa shape index (κ3) is 5.07. The number of ether oxygens (including phenoxy) is 3. The second kappa shape index (κ2) is 8.35. The minimum Gasteiger partial charge on any atom is -0.457 e. The summed E-state index contributed by atoms with van der Waals surface area (Å²) in [5, 5.41) is 2.83. The molecule has 0 radical (unpaired) electrons. The molecule has 0 atom stereocenters. The van der Waals surface area contributed by atoms with E-state index in [1.54, 1.807) is 18.2 Å². The Bertz CT molecular complexity index is 780. The quantitative estimate of drug-likeness (QED) is 0.565. The molecule has 0 heterocycles. The number of nitrogens with one attached hydrogen (secondary N) is 1. The SMILES string of the molecule is COC(OC)c1cc(NC(N)=S)ccc1Oc1cccc(C(F)(F)F)c1. The number of thiocarbonyl (C=S) groups is 1. The van der Waals surface area contributed by atoms with Gasteiger partial charge in [-0.2, -0.15) is 13.2 Å². The molecule has 2 aromatic rings. The fraction of sp³-hybridized carbons (Fsp3) is 0.235. The number of alkyl halides is 3. The molecule has 5 nitrogen and oxygen atoms in total. The van der Waals surface area contributed by atoms with Crippen LogP contribution in [-0.2, 0) is 15.7 Å². The maximum absolute atomic E-state index is 12.9. The minimum atomic E-state index is -4.46. The van der Waals surface area contributed by atoms with Crippen molar-refractivity contribution in [2.75, 3.05) is 19.5 Å². The van der Waals surface area contributed by atoms with E-state index in [0.29, 0.717) is 11.3 Å². The molecule has 0 fully saturated rings. The molecule has 0 saturated heterocycles. The van der Waals surface area contributed by atoms with E-state index in [9.17, 15) is 13.2 Å². The molecule has 0 amide bonds. The molecule has 0 unspecified atom stereocenters. The van der Waals surface area contributed by atoms with Crippen LogP contribution in [0.1, 0.15) is 17.4 Å². The predicted molar refractivity (Wildman–Crippen MR) is 95.1 cm³/mol. The van der Waals surface area contributed by atoms with Gasteiger partial charge in [-0.05, 0) is 48.6 Å². The van der Waals surface area contributed by atoms with Crippen LogP contribution in [0.15, 0.2) is 42.5 Å². The van der Waals surface area contributed by atoms with Crippen molar-refractivity contribution in [3.8, 4) is 11.5 Å². The van der Waals surface area contributed by atoms with Gasteiger partial charge in [0.05, 0.1) is 11.1 Å². The van der Waals surface area contributed by atoms with Gasteiger partial charge in [-0.15, -0.1) is 0 Å². The average Bonchev–Trinajstić information content (AvgIpc) is 2.57. The van der Waals surface area contributed by atoms with Gasteiger partial charge in [-0.3, -0.25) is 0 Å². The van der Waals surface area contributed by atoms with Crippen LogP contribution < -0.4 is 15.8 Å². The topological polar surface area (TPSA) is 65.7 Å². The summed E-state index contributed by atoms with van der Waals surface area (Å²) >= 11 is 4.80. The highest BCUT2D eigenvalue weighted by molar-refractivity contribution is 7.80. The van der Waals surface area contributed by atoms with Crippen LogP contribution in [0.25, 0.3) is 0 Å². The zero-order chi connectivity index (χ0) is 19.3. The van der Waals surface area contributed by atoms with Crippen molar-refractivity contribution in [3.05, 3.63) is 53.6 Å². The van der Waals surface area contributed by atoms with Gasteiger partial charge >= 0.3 is 6.18 Å². The number of hydrogen-bond acceptors (Lipinski definition) is 4. The van der Waals surface area contributed by atoms with Crippen molar-refractivity contribution in [1.82, 2.24) is 0 Å². The number of halogens is 3. The molecule has 2 rings (SSSR count). The van der Waals surface area contributed by atoms with Gasteiger partial charge in [-0.1, -0.05) is 6.07 Å². The molecule has 0 spiro atoms. The largest absolute Gasteiger partial charge is 0.457 e. The molecule has 0 saturated carbocycles. The number of rotatable bonds is 6. The Balaban J connectivity index is 2.40. The molecule has 140 valence electrons. The van der Waals surface area contributed by atoms with Gasteiger partial charge < -0.3 is 25.3 Å². The van der Waals surface area contributed by atoms with E-state index in [1.807, 2.05) is 0 Å². The summed E-state index contributed by atoms with van der Waals surface area (Å²) in [5.74, 6) is 0.300. The van der Waals surface area contributed by atoms with Crippen LogP contribution in [-0.4, -0.2) is 19.3 Å². The lowest BCUT2D eigenvalue weighted by Gasteiger charge is -2.19. The zero-order valence-electron chi connectivity index (χ0n) is 14.0. The predicted octanol–water partition coefficient (Wildman–Crippen LogP) is 4.44. The lowest BCUT2D eigenvalue weighted by Crippen LogP contribution is -2.19.